The molecule has 2 saturated heterocycles. The lowest BCUT2D eigenvalue weighted by Gasteiger charge is -2.49. The molecule has 66 heavy (non-hydrogen) atoms. The molecule has 4 rings (SSSR count). The lowest BCUT2D eigenvalue weighted by molar-refractivity contribution is -0.321. The average molecular weight is 929 g/mol. The number of aryl methyl sites for hydroxylation is 2. The number of hydrogen-bond acceptors (Lipinski definition) is 20. The van der Waals surface area contributed by atoms with Gasteiger partial charge in [0.05, 0.1) is 0 Å². The number of carbonyl (C=O) groups is 8. The summed E-state index contributed by atoms with van der Waals surface area (Å²) in [6, 6.07) is 10.4. The van der Waals surface area contributed by atoms with Gasteiger partial charge < -0.3 is 56.8 Å². The van der Waals surface area contributed by atoms with E-state index in [2.05, 4.69) is 0 Å². The summed E-state index contributed by atoms with van der Waals surface area (Å²) >= 11 is 0. The number of rotatable bonds is 16. The van der Waals surface area contributed by atoms with Crippen LogP contribution in [0.2, 0.25) is 0 Å². The summed E-state index contributed by atoms with van der Waals surface area (Å²) in [5.74, 6) is -5.44. The second-order valence-corrected chi connectivity index (χ2v) is 16.0. The smallest absolute Gasteiger partial charge is 0.303 e. The van der Waals surface area contributed by atoms with E-state index in [1.165, 1.54) is 27.7 Å². The summed E-state index contributed by atoms with van der Waals surface area (Å²) in [5, 5.41) is 0. The highest BCUT2D eigenvalue weighted by Crippen LogP contribution is 2.41. The zero-order valence-electron chi connectivity index (χ0n) is 38.8. The van der Waals surface area contributed by atoms with E-state index in [1.807, 2.05) is 12.2 Å². The topological polar surface area (TPSA) is 247 Å². The fourth-order valence-corrected chi connectivity index (χ4v) is 7.47. The molecule has 2 heterocycles. The molecule has 2 aromatic carbocycles. The minimum atomic E-state index is -1.88. The Kier molecular flexibility index (Phi) is 17.4. The van der Waals surface area contributed by atoms with Crippen LogP contribution in [-0.4, -0.2) is 121 Å². The van der Waals surface area contributed by atoms with Gasteiger partial charge in [-0.25, -0.2) is 0 Å². The largest absolute Gasteiger partial charge is 0.463 e. The number of esters is 8. The van der Waals surface area contributed by atoms with Crippen molar-refractivity contribution in [3.05, 3.63) is 58.7 Å². The van der Waals surface area contributed by atoms with E-state index in [9.17, 15) is 38.4 Å². The van der Waals surface area contributed by atoms with Gasteiger partial charge in [0.2, 0.25) is 23.8 Å². The van der Waals surface area contributed by atoms with Crippen molar-refractivity contribution in [3.8, 4) is 11.5 Å². The summed E-state index contributed by atoms with van der Waals surface area (Å²) < 4.78 is 68.9. The molecular formula is C46H56O20. The van der Waals surface area contributed by atoms with Crippen molar-refractivity contribution in [1.82, 2.24) is 0 Å². The number of hydrogen-bond donors (Lipinski definition) is 0. The van der Waals surface area contributed by atoms with E-state index in [0.29, 0.717) is 11.1 Å². The van der Waals surface area contributed by atoms with E-state index >= 15 is 0 Å². The van der Waals surface area contributed by atoms with Crippen LogP contribution in [0.1, 0.15) is 91.5 Å². The monoisotopic (exact) mass is 928 g/mol. The quantitative estimate of drug-likeness (QED) is 0.130. The third-order valence-corrected chi connectivity index (χ3v) is 10.1. The molecule has 0 saturated carbocycles. The predicted octanol–water partition coefficient (Wildman–Crippen LogP) is 4.18. The fraction of sp³-hybridized carbons (Fsp3) is 0.522. The zero-order valence-corrected chi connectivity index (χ0v) is 38.8. The molecule has 2 aliphatic heterocycles. The molecule has 0 N–H and O–H groups in total. The van der Waals surface area contributed by atoms with E-state index in [-0.39, 0.29) is 11.5 Å². The van der Waals surface area contributed by atoms with Crippen LogP contribution in [-0.2, 0) is 85.7 Å². The van der Waals surface area contributed by atoms with Gasteiger partial charge in [-0.3, -0.25) is 38.4 Å². The van der Waals surface area contributed by atoms with Crippen molar-refractivity contribution >= 4 is 59.9 Å². The molecule has 0 spiro atoms. The van der Waals surface area contributed by atoms with Gasteiger partial charge in [0, 0.05) is 55.4 Å². The molecule has 20 heteroatoms. The molecule has 2 aromatic rings. The van der Waals surface area contributed by atoms with Crippen molar-refractivity contribution in [2.75, 3.05) is 13.2 Å². The maximum Gasteiger partial charge on any atom is 0.303 e. The van der Waals surface area contributed by atoms with Crippen LogP contribution in [0, 0.1) is 13.8 Å². The van der Waals surface area contributed by atoms with Gasteiger partial charge in [-0.15, -0.1) is 0 Å². The first-order valence-electron chi connectivity index (χ1n) is 20.7. The molecule has 0 unspecified atom stereocenters. The van der Waals surface area contributed by atoms with Crippen LogP contribution in [0.4, 0.5) is 0 Å². The summed E-state index contributed by atoms with van der Waals surface area (Å²) in [6.07, 6.45) is -7.40. The zero-order chi connectivity index (χ0) is 49.3. The third-order valence-electron chi connectivity index (χ3n) is 10.1. The molecule has 10 atom stereocenters. The SMILES string of the molecule is CC(=O)OC[C@H]1O[C@H](Oc2ccc(/C=C/c3ccc(O[C@H]4O[C@H](COC(C)=O)[C@@H](OC(C)=O)[C@H](OC(C)=O)[C@]4(C)OC(C)=O)c(C)c3)cc2C)[C@@](C)(OC(C)=O)[C@@H](OC(C)=O)[C@@H]1OC(C)=O. The Balaban J connectivity index is 1.62. The second kappa shape index (κ2) is 22.1. The van der Waals surface area contributed by atoms with Crippen molar-refractivity contribution in [2.45, 2.75) is 143 Å². The molecule has 0 aliphatic carbocycles. The first-order chi connectivity index (χ1) is 30.8. The average Bonchev–Trinajstić information content (AvgIpc) is 3.18. The lowest BCUT2D eigenvalue weighted by atomic mass is 9.87. The minimum Gasteiger partial charge on any atom is -0.463 e. The van der Waals surface area contributed by atoms with Crippen molar-refractivity contribution in [2.24, 2.45) is 0 Å². The van der Waals surface area contributed by atoms with Crippen LogP contribution in [0.3, 0.4) is 0 Å². The van der Waals surface area contributed by atoms with E-state index in [1.54, 1.807) is 50.2 Å². The van der Waals surface area contributed by atoms with Gasteiger partial charge in [0.1, 0.15) is 36.9 Å². The van der Waals surface area contributed by atoms with Crippen LogP contribution in [0.25, 0.3) is 12.2 Å². The number of benzene rings is 2. The summed E-state index contributed by atoms with van der Waals surface area (Å²) in [6.45, 7) is 14.6. The Morgan fingerprint density at radius 2 is 0.833 bits per heavy atom. The van der Waals surface area contributed by atoms with Crippen molar-refractivity contribution in [3.63, 3.8) is 0 Å². The molecule has 0 aromatic heterocycles. The fourth-order valence-electron chi connectivity index (χ4n) is 7.47. The first-order valence-corrected chi connectivity index (χ1v) is 20.7. The maximum atomic E-state index is 12.5. The Hall–Kier alpha value is -6.54. The molecule has 0 amide bonds. The molecule has 0 radical (unpaired) electrons. The van der Waals surface area contributed by atoms with Gasteiger partial charge in [-0.2, -0.15) is 0 Å². The molecule has 20 nitrogen and oxygen atoms in total. The normalized spacial score (nSPS) is 27.0. The standard InChI is InChI=1S/C46H56O20/c1-23-19-33(15-17-35(23)61-43-45(11,65-31(9)53)41(59-29(7)51)39(57-27(5)49)37(63-43)21-55-25(3)47)13-14-34-16-18-36(24(2)20-34)62-44-46(12,66-32(10)54)42(60-30(8)52)40(58-28(6)50)38(64-44)22-56-26(4)48/h13-20,37-44H,21-22H2,1-12H3/b14-13+/t37-,38-,39-,40-,41+,42+,43+,44+,45+,46+/m1/s1. The van der Waals surface area contributed by atoms with Gasteiger partial charge in [-0.1, -0.05) is 24.3 Å². The number of carbonyl (C=O) groups excluding carboxylic acids is 8. The van der Waals surface area contributed by atoms with Crippen LogP contribution in [0.15, 0.2) is 36.4 Å². The molecule has 0 bridgehead atoms. The highest BCUT2D eigenvalue weighted by Gasteiger charge is 2.63. The Bertz CT molecular complexity index is 2050. The van der Waals surface area contributed by atoms with E-state index in [4.69, 9.17) is 56.8 Å². The second-order valence-electron chi connectivity index (χ2n) is 16.0. The van der Waals surface area contributed by atoms with Crippen molar-refractivity contribution < 1.29 is 95.2 Å². The van der Waals surface area contributed by atoms with Gasteiger partial charge in [-0.05, 0) is 74.2 Å². The first kappa shape index (κ1) is 52.1. The third kappa shape index (κ3) is 13.5. The summed E-state index contributed by atoms with van der Waals surface area (Å²) in [5.41, 5.74) is -1.09. The summed E-state index contributed by atoms with van der Waals surface area (Å²) in [7, 11) is 0. The van der Waals surface area contributed by atoms with Crippen LogP contribution in [0.5, 0.6) is 11.5 Å². The Morgan fingerprint density at radius 3 is 1.11 bits per heavy atom. The lowest BCUT2D eigenvalue weighted by Crippen LogP contribution is -2.70. The highest BCUT2D eigenvalue weighted by molar-refractivity contribution is 5.72. The Labute approximate surface area is 381 Å². The predicted molar refractivity (Wildman–Crippen MR) is 226 cm³/mol. The molecule has 360 valence electrons. The minimum absolute atomic E-state index is 0.280. The van der Waals surface area contributed by atoms with Crippen LogP contribution < -0.4 is 9.47 Å². The number of ether oxygens (including phenoxy) is 12. The van der Waals surface area contributed by atoms with Gasteiger partial charge in [0.15, 0.2) is 24.4 Å². The Morgan fingerprint density at radius 1 is 0.500 bits per heavy atom. The highest BCUT2D eigenvalue weighted by atomic mass is 16.8. The van der Waals surface area contributed by atoms with Gasteiger partial charge in [0.25, 0.3) is 0 Å². The van der Waals surface area contributed by atoms with Crippen LogP contribution >= 0.6 is 0 Å². The van der Waals surface area contributed by atoms with Gasteiger partial charge >= 0.3 is 47.8 Å². The van der Waals surface area contributed by atoms with E-state index < -0.39 is 121 Å². The molecule has 2 aliphatic rings. The van der Waals surface area contributed by atoms with Crippen molar-refractivity contribution in [1.29, 1.82) is 0 Å². The summed E-state index contributed by atoms with van der Waals surface area (Å²) in [4.78, 5) is 97.6. The molecular weight excluding hydrogens is 872 g/mol. The maximum absolute atomic E-state index is 12.5. The van der Waals surface area contributed by atoms with E-state index in [0.717, 1.165) is 52.7 Å². The molecule has 2 fully saturated rings.